The maximum absolute atomic E-state index is 5.77. The topological polar surface area (TPSA) is 27.3 Å². The third-order valence-electron chi connectivity index (χ3n) is 4.95. The summed E-state index contributed by atoms with van der Waals surface area (Å²) >= 11 is 5.77. The van der Waals surface area contributed by atoms with Crippen molar-refractivity contribution >= 4 is 34.4 Å². The van der Waals surface area contributed by atoms with Crippen molar-refractivity contribution in [3.05, 3.63) is 90.5 Å². The van der Waals surface area contributed by atoms with Crippen molar-refractivity contribution in [3.63, 3.8) is 0 Å². The molecule has 0 saturated carbocycles. The normalized spacial score (nSPS) is 18.5. The molecule has 3 aromatic carbocycles. The number of para-hydroxylation sites is 3. The molecule has 27 heavy (non-hydrogen) atoms. The minimum Gasteiger partial charge on any atom is -0.378 e. The van der Waals surface area contributed by atoms with Crippen molar-refractivity contribution in [2.75, 3.05) is 15.5 Å². The Bertz CT molecular complexity index is 911. The molecule has 4 heteroatoms. The van der Waals surface area contributed by atoms with Gasteiger partial charge in [-0.1, -0.05) is 54.6 Å². The average molecular weight is 374 g/mol. The molecular formula is C23H23N3S. The van der Waals surface area contributed by atoms with E-state index < -0.39 is 0 Å². The van der Waals surface area contributed by atoms with Crippen LogP contribution < -0.4 is 15.5 Å². The highest BCUT2D eigenvalue weighted by atomic mass is 32.1. The molecule has 3 aromatic rings. The fraction of sp³-hybridized carbons (Fsp3) is 0.174. The van der Waals surface area contributed by atoms with Crippen LogP contribution >= 0.6 is 12.2 Å². The Labute approximate surface area is 166 Å². The van der Waals surface area contributed by atoms with E-state index >= 15 is 0 Å². The van der Waals surface area contributed by atoms with Crippen molar-refractivity contribution in [2.24, 2.45) is 0 Å². The third-order valence-corrected chi connectivity index (χ3v) is 5.25. The molecule has 1 aliphatic heterocycles. The molecule has 136 valence electrons. The van der Waals surface area contributed by atoms with E-state index in [0.717, 1.165) is 28.6 Å². The Hall–Kier alpha value is -2.85. The van der Waals surface area contributed by atoms with Crippen LogP contribution in [0.3, 0.4) is 0 Å². The second-order valence-electron chi connectivity index (χ2n) is 6.87. The smallest absolute Gasteiger partial charge is 0.178 e. The van der Waals surface area contributed by atoms with Crippen molar-refractivity contribution in [1.29, 1.82) is 0 Å². The van der Waals surface area contributed by atoms with Crippen LogP contribution in [0.15, 0.2) is 84.9 Å². The molecule has 0 radical (unpaired) electrons. The quantitative estimate of drug-likeness (QED) is 0.564. The van der Waals surface area contributed by atoms with Crippen molar-refractivity contribution in [2.45, 2.75) is 25.4 Å². The Morgan fingerprint density at radius 2 is 1.44 bits per heavy atom. The molecule has 0 aliphatic carbocycles. The number of nitrogens with zero attached hydrogens (tertiary/aromatic N) is 1. The van der Waals surface area contributed by atoms with Gasteiger partial charge in [-0.25, -0.2) is 0 Å². The van der Waals surface area contributed by atoms with Crippen LogP contribution in [-0.4, -0.2) is 11.2 Å². The predicted molar refractivity (Wildman–Crippen MR) is 118 cm³/mol. The molecule has 0 spiro atoms. The van der Waals surface area contributed by atoms with Crippen LogP contribution in [0, 0.1) is 0 Å². The molecule has 3 nitrogen and oxygen atoms in total. The summed E-state index contributed by atoms with van der Waals surface area (Å²) in [5.41, 5.74) is 4.59. The number of nitrogens with one attached hydrogen (secondary N) is 2. The maximum Gasteiger partial charge on any atom is 0.178 e. The molecule has 0 aromatic heterocycles. The first-order chi connectivity index (χ1) is 13.2. The summed E-state index contributed by atoms with van der Waals surface area (Å²) in [7, 11) is 0. The number of hydrogen-bond acceptors (Lipinski definition) is 2. The summed E-state index contributed by atoms with van der Waals surface area (Å²) < 4.78 is 0. The van der Waals surface area contributed by atoms with Crippen molar-refractivity contribution in [3.8, 4) is 0 Å². The summed E-state index contributed by atoms with van der Waals surface area (Å²) in [6.07, 6.45) is 0.975. The highest BCUT2D eigenvalue weighted by molar-refractivity contribution is 7.80. The van der Waals surface area contributed by atoms with Crippen LogP contribution in [0.2, 0.25) is 0 Å². The number of thiocarbonyl (C=S) groups is 1. The Morgan fingerprint density at radius 1 is 0.852 bits per heavy atom. The molecule has 0 bridgehead atoms. The van der Waals surface area contributed by atoms with E-state index in [1.807, 2.05) is 36.4 Å². The summed E-state index contributed by atoms with van der Waals surface area (Å²) in [5.74, 6) is 0. The summed E-state index contributed by atoms with van der Waals surface area (Å²) in [6, 6.07) is 29.6. The first kappa shape index (κ1) is 17.6. The standard InChI is InChI=1S/C23H23N3S/c1-17-16-21(24-18-10-4-2-5-11-18)20-14-8-9-15-22(20)26(17)23(27)25-19-12-6-3-7-13-19/h2-15,17,21,24H,16H2,1H3,(H,25,27)/t17-,21-/m0/s1. The fourth-order valence-electron chi connectivity index (χ4n) is 3.70. The van der Waals surface area contributed by atoms with E-state index in [1.54, 1.807) is 0 Å². The van der Waals surface area contributed by atoms with Crippen LogP contribution in [0.4, 0.5) is 17.1 Å². The minimum absolute atomic E-state index is 0.259. The second-order valence-corrected chi connectivity index (χ2v) is 7.26. The van der Waals surface area contributed by atoms with E-state index in [0.29, 0.717) is 0 Å². The van der Waals surface area contributed by atoms with E-state index in [4.69, 9.17) is 12.2 Å². The Morgan fingerprint density at radius 3 is 2.15 bits per heavy atom. The van der Waals surface area contributed by atoms with Gasteiger partial charge in [0.15, 0.2) is 5.11 Å². The maximum atomic E-state index is 5.77. The van der Waals surface area contributed by atoms with Crippen LogP contribution in [-0.2, 0) is 0 Å². The van der Waals surface area contributed by atoms with Gasteiger partial charge in [0.25, 0.3) is 0 Å². The number of benzene rings is 3. The Kier molecular flexibility index (Phi) is 5.07. The second kappa shape index (κ2) is 7.80. The van der Waals surface area contributed by atoms with Crippen molar-refractivity contribution in [1.82, 2.24) is 0 Å². The zero-order chi connectivity index (χ0) is 18.6. The van der Waals surface area contributed by atoms with Gasteiger partial charge in [-0.3, -0.25) is 0 Å². The molecule has 2 atom stereocenters. The largest absolute Gasteiger partial charge is 0.378 e. The van der Waals surface area contributed by atoms with Gasteiger partial charge in [-0.2, -0.15) is 0 Å². The Balaban J connectivity index is 1.62. The number of rotatable bonds is 3. The van der Waals surface area contributed by atoms with E-state index in [1.165, 1.54) is 5.56 Å². The lowest BCUT2D eigenvalue weighted by atomic mass is 9.91. The predicted octanol–water partition coefficient (Wildman–Crippen LogP) is 5.84. The zero-order valence-electron chi connectivity index (χ0n) is 15.3. The van der Waals surface area contributed by atoms with Gasteiger partial charge < -0.3 is 15.5 Å². The molecular weight excluding hydrogens is 350 g/mol. The highest BCUT2D eigenvalue weighted by Crippen LogP contribution is 2.39. The molecule has 2 N–H and O–H groups in total. The van der Waals surface area contributed by atoms with Crippen LogP contribution in [0.5, 0.6) is 0 Å². The van der Waals surface area contributed by atoms with Gasteiger partial charge in [0, 0.05) is 23.1 Å². The average Bonchev–Trinajstić information content (AvgIpc) is 2.69. The van der Waals surface area contributed by atoms with E-state index in [9.17, 15) is 0 Å². The van der Waals surface area contributed by atoms with Gasteiger partial charge in [0.2, 0.25) is 0 Å². The van der Waals surface area contributed by atoms with Gasteiger partial charge >= 0.3 is 0 Å². The molecule has 0 fully saturated rings. The molecule has 4 rings (SSSR count). The van der Waals surface area contributed by atoms with Gasteiger partial charge in [0.05, 0.1) is 6.04 Å². The van der Waals surface area contributed by atoms with E-state index in [2.05, 4.69) is 71.0 Å². The number of hydrogen-bond donors (Lipinski definition) is 2. The monoisotopic (exact) mass is 373 g/mol. The molecule has 1 aliphatic rings. The molecule has 0 unspecified atom stereocenters. The van der Waals surface area contributed by atoms with Gasteiger partial charge in [0.1, 0.15) is 0 Å². The first-order valence-corrected chi connectivity index (χ1v) is 9.69. The van der Waals surface area contributed by atoms with Gasteiger partial charge in [-0.15, -0.1) is 0 Å². The SMILES string of the molecule is C[C@H]1C[C@H](Nc2ccccc2)c2ccccc2N1C(=S)Nc1ccccc1. The van der Waals surface area contributed by atoms with Crippen LogP contribution in [0.1, 0.15) is 24.9 Å². The molecule has 0 saturated heterocycles. The zero-order valence-corrected chi connectivity index (χ0v) is 16.1. The lowest BCUT2D eigenvalue weighted by Crippen LogP contribution is -2.46. The number of fused-ring (bicyclic) bond motifs is 1. The summed E-state index contributed by atoms with van der Waals surface area (Å²) in [5, 5.41) is 7.81. The lowest BCUT2D eigenvalue weighted by molar-refractivity contribution is 0.563. The summed E-state index contributed by atoms with van der Waals surface area (Å²) in [4.78, 5) is 2.24. The minimum atomic E-state index is 0.259. The third kappa shape index (κ3) is 3.81. The first-order valence-electron chi connectivity index (χ1n) is 9.28. The molecule has 0 amide bonds. The molecule has 1 heterocycles. The van der Waals surface area contributed by atoms with Gasteiger partial charge in [-0.05, 0) is 61.5 Å². The van der Waals surface area contributed by atoms with E-state index in [-0.39, 0.29) is 12.1 Å². The lowest BCUT2D eigenvalue weighted by Gasteiger charge is -2.41. The van der Waals surface area contributed by atoms with Crippen molar-refractivity contribution < 1.29 is 0 Å². The fourth-order valence-corrected chi connectivity index (χ4v) is 4.10. The highest BCUT2D eigenvalue weighted by Gasteiger charge is 2.32. The number of anilines is 3. The van der Waals surface area contributed by atoms with Crippen LogP contribution in [0.25, 0.3) is 0 Å². The summed E-state index contributed by atoms with van der Waals surface area (Å²) in [6.45, 7) is 2.23.